The van der Waals surface area contributed by atoms with E-state index in [0.717, 1.165) is 12.8 Å². The van der Waals surface area contributed by atoms with Crippen LogP contribution in [0.3, 0.4) is 0 Å². The summed E-state index contributed by atoms with van der Waals surface area (Å²) in [6, 6.07) is 27.2. The average molecular weight is 712 g/mol. The number of methoxy groups -OCH3 is 2. The van der Waals surface area contributed by atoms with Gasteiger partial charge in [-0.2, -0.15) is 0 Å². The van der Waals surface area contributed by atoms with Crippen molar-refractivity contribution < 1.29 is 33.3 Å². The maximum absolute atomic E-state index is 12.8. The van der Waals surface area contributed by atoms with Crippen molar-refractivity contribution in [2.24, 2.45) is 0 Å². The Labute approximate surface area is 307 Å². The second kappa shape index (κ2) is 19.6. The van der Waals surface area contributed by atoms with Crippen LogP contribution in [0.1, 0.15) is 63.3 Å². The molecule has 268 valence electrons. The molecule has 0 fully saturated rings. The third-order valence-corrected chi connectivity index (χ3v) is 7.10. The Balaban J connectivity index is 1.29. The molecular formula is C41H37N5O7. The topological polar surface area (TPSA) is 143 Å². The third-order valence-electron chi connectivity index (χ3n) is 7.10. The molecule has 0 atom stereocenters. The van der Waals surface area contributed by atoms with Crippen LogP contribution in [0.25, 0.3) is 0 Å². The van der Waals surface area contributed by atoms with E-state index in [9.17, 15) is 9.59 Å². The summed E-state index contributed by atoms with van der Waals surface area (Å²) in [6.45, 7) is 2.84. The Hall–Kier alpha value is -6.73. The van der Waals surface area contributed by atoms with Crippen LogP contribution < -0.4 is 24.8 Å². The summed E-state index contributed by atoms with van der Waals surface area (Å²) in [7, 11) is 3.07. The van der Waals surface area contributed by atoms with Gasteiger partial charge in [-0.1, -0.05) is 25.5 Å². The van der Waals surface area contributed by atoms with Gasteiger partial charge in [0.05, 0.1) is 6.61 Å². The number of carbonyl (C=O) groups is 2. The number of aromatic nitrogens is 3. The molecule has 2 N–H and O–H groups in total. The van der Waals surface area contributed by atoms with E-state index in [1.807, 2.05) is 0 Å². The molecule has 0 saturated heterocycles. The highest BCUT2D eigenvalue weighted by Crippen LogP contribution is 2.17. The van der Waals surface area contributed by atoms with E-state index in [1.165, 1.54) is 14.2 Å². The standard InChI is InChI=1S/C41H37N5O7/c1-4-5-24-51-37-25-33(18-16-31-8-6-10-38(43-31)45-40(47)29-12-20-35(21-13-29)52-27-49-2)42-34(26-37)19-17-32-9-7-11-39(44-32)46-41(48)30-14-22-36(23-15-30)53-28-50-3/h6-15,20-23,25-26H,4-5,24,27-28H2,1-3H3,(H,43,45,47)(H,44,46,48). The van der Waals surface area contributed by atoms with Gasteiger partial charge in [0, 0.05) is 37.5 Å². The number of carbonyl (C=O) groups excluding carboxylic acids is 2. The number of benzene rings is 2. The number of rotatable bonds is 14. The number of amides is 2. The Morgan fingerprint density at radius 3 is 1.45 bits per heavy atom. The molecule has 0 saturated carbocycles. The highest BCUT2D eigenvalue weighted by molar-refractivity contribution is 6.04. The van der Waals surface area contributed by atoms with Crippen molar-refractivity contribution in [3.8, 4) is 40.9 Å². The van der Waals surface area contributed by atoms with E-state index >= 15 is 0 Å². The minimum Gasteiger partial charge on any atom is -0.493 e. The van der Waals surface area contributed by atoms with Gasteiger partial charge in [-0.3, -0.25) is 9.59 Å². The highest BCUT2D eigenvalue weighted by Gasteiger charge is 2.10. The molecular weight excluding hydrogens is 674 g/mol. The van der Waals surface area contributed by atoms with E-state index in [0.29, 0.717) is 69.4 Å². The van der Waals surface area contributed by atoms with Crippen molar-refractivity contribution in [1.29, 1.82) is 0 Å². The molecule has 0 spiro atoms. The number of hydrogen-bond acceptors (Lipinski definition) is 10. The molecule has 0 unspecified atom stereocenters. The summed E-state index contributed by atoms with van der Waals surface area (Å²) in [5.41, 5.74) is 2.57. The smallest absolute Gasteiger partial charge is 0.256 e. The summed E-state index contributed by atoms with van der Waals surface area (Å²) in [4.78, 5) is 39.2. The van der Waals surface area contributed by atoms with Gasteiger partial charge < -0.3 is 34.3 Å². The van der Waals surface area contributed by atoms with Crippen LogP contribution in [0.4, 0.5) is 11.6 Å². The van der Waals surface area contributed by atoms with Gasteiger partial charge in [-0.15, -0.1) is 0 Å². The fraction of sp³-hybridized carbons (Fsp3) is 0.195. The predicted molar refractivity (Wildman–Crippen MR) is 199 cm³/mol. The van der Waals surface area contributed by atoms with Crippen LogP contribution in [-0.2, 0) is 9.47 Å². The second-order valence-corrected chi connectivity index (χ2v) is 11.2. The molecule has 0 aliphatic heterocycles. The molecule has 2 aromatic carbocycles. The lowest BCUT2D eigenvalue weighted by molar-refractivity contribution is 0.0509. The fourth-order valence-corrected chi connectivity index (χ4v) is 4.49. The quantitative estimate of drug-likeness (QED) is 0.0763. The maximum atomic E-state index is 12.8. The molecule has 0 aliphatic rings. The molecule has 0 radical (unpaired) electrons. The maximum Gasteiger partial charge on any atom is 0.256 e. The lowest BCUT2D eigenvalue weighted by Gasteiger charge is -2.07. The third kappa shape index (κ3) is 11.9. The zero-order valence-electron chi connectivity index (χ0n) is 29.5. The zero-order valence-corrected chi connectivity index (χ0v) is 29.5. The number of nitrogens with one attached hydrogen (secondary N) is 2. The van der Waals surface area contributed by atoms with Crippen molar-refractivity contribution >= 4 is 23.5 Å². The van der Waals surface area contributed by atoms with Crippen molar-refractivity contribution in [1.82, 2.24) is 15.0 Å². The molecule has 12 nitrogen and oxygen atoms in total. The minimum atomic E-state index is -0.329. The normalized spacial score (nSPS) is 10.2. The first kappa shape index (κ1) is 37.5. The Morgan fingerprint density at radius 1 is 0.566 bits per heavy atom. The molecule has 0 aliphatic carbocycles. The van der Waals surface area contributed by atoms with Gasteiger partial charge in [0.15, 0.2) is 13.6 Å². The van der Waals surface area contributed by atoms with Gasteiger partial charge in [0.25, 0.3) is 11.8 Å². The monoisotopic (exact) mass is 711 g/mol. The second-order valence-electron chi connectivity index (χ2n) is 11.2. The zero-order chi connectivity index (χ0) is 37.3. The number of pyridine rings is 3. The van der Waals surface area contributed by atoms with Gasteiger partial charge >= 0.3 is 0 Å². The molecule has 5 rings (SSSR count). The number of nitrogens with zero attached hydrogens (tertiary/aromatic N) is 3. The predicted octanol–water partition coefficient (Wildman–Crippen LogP) is 6.32. The highest BCUT2D eigenvalue weighted by atomic mass is 16.7. The first-order valence-electron chi connectivity index (χ1n) is 16.6. The summed E-state index contributed by atoms with van der Waals surface area (Å²) < 4.78 is 26.5. The number of anilines is 2. The molecule has 3 heterocycles. The summed E-state index contributed by atoms with van der Waals surface area (Å²) in [5.74, 6) is 13.9. The van der Waals surface area contributed by atoms with E-state index in [-0.39, 0.29) is 25.4 Å². The van der Waals surface area contributed by atoms with Gasteiger partial charge in [-0.05, 0) is 103 Å². The van der Waals surface area contributed by atoms with Crippen molar-refractivity contribution in [3.05, 3.63) is 131 Å². The van der Waals surface area contributed by atoms with Crippen LogP contribution in [0.2, 0.25) is 0 Å². The van der Waals surface area contributed by atoms with Crippen LogP contribution in [0, 0.1) is 23.7 Å². The average Bonchev–Trinajstić information content (AvgIpc) is 3.18. The van der Waals surface area contributed by atoms with Gasteiger partial charge in [0.2, 0.25) is 0 Å². The molecule has 2 amide bonds. The van der Waals surface area contributed by atoms with Crippen molar-refractivity contribution in [2.75, 3.05) is 45.0 Å². The van der Waals surface area contributed by atoms with Crippen LogP contribution >= 0.6 is 0 Å². The van der Waals surface area contributed by atoms with E-state index < -0.39 is 0 Å². The minimum absolute atomic E-state index is 0.114. The first-order chi connectivity index (χ1) is 25.9. The lowest BCUT2D eigenvalue weighted by atomic mass is 10.2. The SMILES string of the molecule is CCCCOc1cc(C#Cc2cccc(NC(=O)c3ccc(OCOC)cc3)n2)nc(C#Cc2cccc(NC(=O)c3ccc(OCOC)cc3)n2)c1. The van der Waals surface area contributed by atoms with E-state index in [4.69, 9.17) is 23.7 Å². The van der Waals surface area contributed by atoms with Crippen LogP contribution in [0.15, 0.2) is 97.1 Å². The summed E-state index contributed by atoms with van der Waals surface area (Å²) >= 11 is 0. The Morgan fingerprint density at radius 2 is 1.02 bits per heavy atom. The lowest BCUT2D eigenvalue weighted by Crippen LogP contribution is -2.13. The Bertz CT molecular complexity index is 1990. The van der Waals surface area contributed by atoms with E-state index in [1.54, 1.807) is 97.1 Å². The van der Waals surface area contributed by atoms with Crippen LogP contribution in [-0.4, -0.2) is 61.2 Å². The molecule has 53 heavy (non-hydrogen) atoms. The van der Waals surface area contributed by atoms with Crippen LogP contribution in [0.5, 0.6) is 17.2 Å². The largest absolute Gasteiger partial charge is 0.493 e. The molecule has 0 bridgehead atoms. The van der Waals surface area contributed by atoms with Gasteiger partial charge in [-0.25, -0.2) is 15.0 Å². The number of unbranched alkanes of at least 4 members (excludes halogenated alkanes) is 1. The van der Waals surface area contributed by atoms with Crippen molar-refractivity contribution in [2.45, 2.75) is 19.8 Å². The first-order valence-corrected chi connectivity index (χ1v) is 16.6. The van der Waals surface area contributed by atoms with Crippen molar-refractivity contribution in [3.63, 3.8) is 0 Å². The molecule has 3 aromatic heterocycles. The summed E-state index contributed by atoms with van der Waals surface area (Å²) in [5, 5.41) is 5.59. The number of ether oxygens (including phenoxy) is 5. The van der Waals surface area contributed by atoms with E-state index in [2.05, 4.69) is 56.2 Å². The Kier molecular flexibility index (Phi) is 13.9. The fourth-order valence-electron chi connectivity index (χ4n) is 4.49. The number of hydrogen-bond donors (Lipinski definition) is 2. The molecule has 12 heteroatoms. The summed E-state index contributed by atoms with van der Waals surface area (Å²) in [6.07, 6.45) is 1.86. The van der Waals surface area contributed by atoms with Gasteiger partial charge in [0.1, 0.15) is 51.7 Å². The molecule has 5 aromatic rings.